The van der Waals surface area contributed by atoms with E-state index in [2.05, 4.69) is 5.32 Å². The Labute approximate surface area is 198 Å². The van der Waals surface area contributed by atoms with Crippen LogP contribution in [0.5, 0.6) is 0 Å². The van der Waals surface area contributed by atoms with Gasteiger partial charge in [0, 0.05) is 0 Å². The second-order valence-corrected chi connectivity index (χ2v) is 10.1. The minimum absolute atomic E-state index is 0.0970. The van der Waals surface area contributed by atoms with Crippen LogP contribution in [0.4, 0.5) is 0 Å². The minimum atomic E-state index is -4.02. The molecule has 2 aliphatic heterocycles. The van der Waals surface area contributed by atoms with Gasteiger partial charge in [-0.05, 0) is 25.0 Å². The molecule has 9 nitrogen and oxygen atoms in total. The number of nitrogens with one attached hydrogen (secondary N) is 1. The Morgan fingerprint density at radius 1 is 0.882 bits per heavy atom. The van der Waals surface area contributed by atoms with Crippen molar-refractivity contribution in [1.82, 2.24) is 10.2 Å². The van der Waals surface area contributed by atoms with Gasteiger partial charge in [0.05, 0.1) is 27.4 Å². The molecule has 2 fully saturated rings. The molecular formula is C24H29N2O7P. The first-order valence-corrected chi connectivity index (χ1v) is 12.7. The Bertz CT molecular complexity index is 1090. The summed E-state index contributed by atoms with van der Waals surface area (Å²) in [6, 6.07) is 16.3. The van der Waals surface area contributed by atoms with E-state index < -0.39 is 42.6 Å². The molecule has 0 radical (unpaired) electrons. The molecule has 2 heterocycles. The molecule has 34 heavy (non-hydrogen) atoms. The van der Waals surface area contributed by atoms with E-state index in [1.807, 2.05) is 36.4 Å². The van der Waals surface area contributed by atoms with Gasteiger partial charge >= 0.3 is 19.5 Å². The van der Waals surface area contributed by atoms with Crippen molar-refractivity contribution >= 4 is 19.5 Å². The third kappa shape index (κ3) is 3.42. The van der Waals surface area contributed by atoms with Crippen molar-refractivity contribution < 1.29 is 32.7 Å². The van der Waals surface area contributed by atoms with Crippen LogP contribution in [0, 0.1) is 0 Å². The first kappa shape index (κ1) is 24.6. The smallest absolute Gasteiger partial charge is 0.357 e. The number of rotatable bonds is 10. The fourth-order valence-corrected chi connectivity index (χ4v) is 7.56. The number of methoxy groups -OCH3 is 2. The number of carbonyl (C=O) groups is 2. The highest BCUT2D eigenvalue weighted by Gasteiger charge is 2.88. The zero-order chi connectivity index (χ0) is 24.6. The van der Waals surface area contributed by atoms with Crippen molar-refractivity contribution in [2.24, 2.45) is 0 Å². The summed E-state index contributed by atoms with van der Waals surface area (Å²) < 4.78 is 36.4. The van der Waals surface area contributed by atoms with Crippen molar-refractivity contribution in [3.63, 3.8) is 0 Å². The molecule has 0 amide bonds. The normalized spacial score (nSPS) is 29.8. The standard InChI is InChI=1S/C24H29N2O7P/c1-5-32-34(29,33-6-2)24(18-15-11-8-12-16-18)20(22(28)31-4)26(24)23(17-13-9-7-10-14-17)19(25-23)21(27)30-3/h7-16,19-20,25H,5-6H2,1-4H3. The van der Waals surface area contributed by atoms with Gasteiger partial charge in [-0.2, -0.15) is 0 Å². The molecule has 2 aromatic carbocycles. The maximum Gasteiger partial charge on any atom is 0.357 e. The van der Waals surface area contributed by atoms with E-state index in [1.54, 1.807) is 43.0 Å². The quantitative estimate of drug-likeness (QED) is 0.306. The number of nitrogens with zero attached hydrogens (tertiary/aromatic N) is 1. The van der Waals surface area contributed by atoms with Crippen LogP contribution in [0.15, 0.2) is 60.7 Å². The number of hydrogen-bond acceptors (Lipinski definition) is 9. The lowest BCUT2D eigenvalue weighted by Crippen LogP contribution is -2.34. The Hall–Kier alpha value is -2.55. The zero-order valence-electron chi connectivity index (χ0n) is 19.6. The molecule has 1 N–H and O–H groups in total. The highest BCUT2D eigenvalue weighted by atomic mass is 31.2. The van der Waals surface area contributed by atoms with Gasteiger partial charge in [-0.25, -0.2) is 4.90 Å². The summed E-state index contributed by atoms with van der Waals surface area (Å²) >= 11 is 0. The summed E-state index contributed by atoms with van der Waals surface area (Å²) in [6.45, 7) is 3.62. The van der Waals surface area contributed by atoms with Crippen LogP contribution in [0.1, 0.15) is 25.0 Å². The summed E-state index contributed by atoms with van der Waals surface area (Å²) in [4.78, 5) is 27.7. The predicted octanol–water partition coefficient (Wildman–Crippen LogP) is 2.96. The van der Waals surface area contributed by atoms with E-state index in [0.717, 1.165) is 0 Å². The van der Waals surface area contributed by atoms with Gasteiger partial charge in [0.15, 0.2) is 5.28 Å². The Balaban J connectivity index is 2.00. The van der Waals surface area contributed by atoms with Crippen LogP contribution in [-0.2, 0) is 43.6 Å². The van der Waals surface area contributed by atoms with Crippen molar-refractivity contribution in [1.29, 1.82) is 0 Å². The summed E-state index contributed by atoms with van der Waals surface area (Å²) in [6.07, 6.45) is 0. The van der Waals surface area contributed by atoms with Crippen LogP contribution in [0.2, 0.25) is 0 Å². The van der Waals surface area contributed by atoms with Crippen LogP contribution in [-0.4, -0.2) is 56.4 Å². The molecule has 0 spiro atoms. The monoisotopic (exact) mass is 488 g/mol. The molecule has 4 rings (SSSR count). The average molecular weight is 488 g/mol. The molecule has 2 saturated heterocycles. The van der Waals surface area contributed by atoms with Crippen molar-refractivity contribution in [2.75, 3.05) is 27.4 Å². The Kier molecular flexibility index (Phi) is 6.68. The highest BCUT2D eigenvalue weighted by molar-refractivity contribution is 7.55. The Morgan fingerprint density at radius 2 is 1.38 bits per heavy atom. The van der Waals surface area contributed by atoms with E-state index in [1.165, 1.54) is 14.2 Å². The highest BCUT2D eigenvalue weighted by Crippen LogP contribution is 2.80. The largest absolute Gasteiger partial charge is 0.468 e. The molecule has 2 aliphatic rings. The average Bonchev–Trinajstić information content (AvgIpc) is 3.76. The summed E-state index contributed by atoms with van der Waals surface area (Å²) in [7, 11) is -1.45. The summed E-state index contributed by atoms with van der Waals surface area (Å²) in [5.74, 6) is -1.12. The second-order valence-electron chi connectivity index (χ2n) is 7.95. The first-order chi connectivity index (χ1) is 16.4. The Morgan fingerprint density at radius 3 is 1.85 bits per heavy atom. The maximum atomic E-state index is 14.6. The fraction of sp³-hybridized carbons (Fsp3) is 0.417. The summed E-state index contributed by atoms with van der Waals surface area (Å²) in [5.41, 5.74) is 0.0762. The van der Waals surface area contributed by atoms with Crippen molar-refractivity contribution in [2.45, 2.75) is 36.9 Å². The molecule has 10 heteroatoms. The van der Waals surface area contributed by atoms with Crippen LogP contribution < -0.4 is 5.32 Å². The van der Waals surface area contributed by atoms with Gasteiger partial charge in [-0.15, -0.1) is 0 Å². The lowest BCUT2D eigenvalue weighted by Gasteiger charge is -2.30. The maximum absolute atomic E-state index is 14.6. The molecule has 0 bridgehead atoms. The molecule has 0 saturated carbocycles. The van der Waals surface area contributed by atoms with Gasteiger partial charge < -0.3 is 18.5 Å². The number of esters is 2. The molecular weight excluding hydrogens is 459 g/mol. The van der Waals surface area contributed by atoms with Crippen molar-refractivity contribution in [3.05, 3.63) is 71.8 Å². The molecule has 5 unspecified atom stereocenters. The van der Waals surface area contributed by atoms with Gasteiger partial charge in [-0.1, -0.05) is 60.7 Å². The number of hydrogen-bond donors (Lipinski definition) is 1. The van der Waals surface area contributed by atoms with Crippen molar-refractivity contribution in [3.8, 4) is 0 Å². The molecule has 5 atom stereocenters. The molecule has 2 aromatic rings. The van der Waals surface area contributed by atoms with Gasteiger partial charge in [0.2, 0.25) is 0 Å². The molecule has 182 valence electrons. The lowest BCUT2D eigenvalue weighted by molar-refractivity contribution is -0.143. The molecule has 0 aliphatic carbocycles. The fourth-order valence-electron chi connectivity index (χ4n) is 4.95. The number of carbonyl (C=O) groups excluding carboxylic acids is 2. The van der Waals surface area contributed by atoms with Gasteiger partial charge in [-0.3, -0.25) is 19.5 Å². The van der Waals surface area contributed by atoms with Crippen LogP contribution in [0.25, 0.3) is 0 Å². The third-order valence-corrected chi connectivity index (χ3v) is 9.06. The van der Waals surface area contributed by atoms with Crippen LogP contribution >= 0.6 is 7.60 Å². The van der Waals surface area contributed by atoms with E-state index >= 15 is 0 Å². The third-order valence-electron chi connectivity index (χ3n) is 6.31. The van der Waals surface area contributed by atoms with E-state index in [0.29, 0.717) is 11.1 Å². The van der Waals surface area contributed by atoms with Gasteiger partial charge in [0.1, 0.15) is 17.7 Å². The lowest BCUT2D eigenvalue weighted by atomic mass is 10.0. The SMILES string of the molecule is CCOP(=O)(OCC)C1(c2ccccc2)C(C(=O)OC)N1C1(c2ccccc2)NC1C(=O)OC. The predicted molar refractivity (Wildman–Crippen MR) is 124 cm³/mol. The molecule has 0 aromatic heterocycles. The topological polar surface area (TPSA) is 113 Å². The van der Waals surface area contributed by atoms with E-state index in [4.69, 9.17) is 18.5 Å². The second kappa shape index (κ2) is 9.24. The minimum Gasteiger partial charge on any atom is -0.468 e. The number of ether oxygens (including phenoxy) is 2. The first-order valence-electron chi connectivity index (χ1n) is 11.1. The van der Waals surface area contributed by atoms with E-state index in [-0.39, 0.29) is 13.2 Å². The zero-order valence-corrected chi connectivity index (χ0v) is 20.5. The summed E-state index contributed by atoms with van der Waals surface area (Å²) in [5, 5.41) is 1.68. The van der Waals surface area contributed by atoms with Gasteiger partial charge in [0.25, 0.3) is 0 Å². The van der Waals surface area contributed by atoms with E-state index in [9.17, 15) is 14.2 Å². The van der Waals surface area contributed by atoms with Crippen LogP contribution in [0.3, 0.4) is 0 Å². The number of benzene rings is 2.